The Morgan fingerprint density at radius 1 is 1.33 bits per heavy atom. The largest absolute Gasteiger partial charge is 0.508 e. The molecular weight excluding hydrogens is 272 g/mol. The minimum atomic E-state index is -0.975. The normalized spacial score (nSPS) is 11.0. The van der Waals surface area contributed by atoms with E-state index in [-0.39, 0.29) is 12.2 Å². The highest BCUT2D eigenvalue weighted by molar-refractivity contribution is 5.93. The van der Waals surface area contributed by atoms with Gasteiger partial charge in [-0.25, -0.2) is 4.79 Å². The first-order chi connectivity index (χ1) is 9.66. The molecule has 0 atom stereocenters. The number of hydrogen-bond acceptors (Lipinski definition) is 3. The van der Waals surface area contributed by atoms with Crippen LogP contribution < -0.4 is 10.2 Å². The van der Waals surface area contributed by atoms with Crippen LogP contribution in [0.4, 0.5) is 10.5 Å². The van der Waals surface area contributed by atoms with Crippen molar-refractivity contribution < 1.29 is 19.8 Å². The molecule has 2 amide bonds. The molecule has 6 heteroatoms. The van der Waals surface area contributed by atoms with E-state index in [4.69, 9.17) is 5.11 Å². The van der Waals surface area contributed by atoms with Crippen LogP contribution in [0.5, 0.6) is 5.75 Å². The molecule has 0 fully saturated rings. The highest BCUT2D eigenvalue weighted by Crippen LogP contribution is 2.25. The summed E-state index contributed by atoms with van der Waals surface area (Å²) < 4.78 is 0. The summed E-state index contributed by atoms with van der Waals surface area (Å²) in [7, 11) is 0. The summed E-state index contributed by atoms with van der Waals surface area (Å²) in [5, 5.41) is 21.1. The minimum absolute atomic E-state index is 0.0756. The number of aliphatic carboxylic acids is 1. The Morgan fingerprint density at radius 3 is 2.48 bits per heavy atom. The highest BCUT2D eigenvalue weighted by Gasteiger charge is 2.27. The maximum Gasteiger partial charge on any atom is 0.322 e. The quantitative estimate of drug-likeness (QED) is 0.778. The Morgan fingerprint density at radius 2 is 1.95 bits per heavy atom. The van der Waals surface area contributed by atoms with Gasteiger partial charge in [0.1, 0.15) is 5.75 Å². The molecule has 0 radical (unpaired) electrons. The van der Waals surface area contributed by atoms with Gasteiger partial charge >= 0.3 is 12.0 Å². The van der Waals surface area contributed by atoms with Crippen LogP contribution in [-0.4, -0.2) is 34.3 Å². The lowest BCUT2D eigenvalue weighted by molar-refractivity contribution is -0.138. The van der Waals surface area contributed by atoms with E-state index >= 15 is 0 Å². The number of aryl methyl sites for hydroxylation is 1. The molecule has 0 spiro atoms. The van der Waals surface area contributed by atoms with Crippen molar-refractivity contribution in [1.29, 1.82) is 0 Å². The van der Waals surface area contributed by atoms with Gasteiger partial charge in [-0.3, -0.25) is 9.69 Å². The Labute approximate surface area is 124 Å². The molecule has 1 rings (SSSR count). The molecule has 0 aliphatic heterocycles. The number of nitrogens with one attached hydrogen (secondary N) is 1. The van der Waals surface area contributed by atoms with E-state index in [0.29, 0.717) is 12.2 Å². The molecule has 0 heterocycles. The molecule has 0 saturated carbocycles. The topological polar surface area (TPSA) is 89.9 Å². The van der Waals surface area contributed by atoms with Crippen molar-refractivity contribution in [2.24, 2.45) is 0 Å². The van der Waals surface area contributed by atoms with Gasteiger partial charge < -0.3 is 15.5 Å². The van der Waals surface area contributed by atoms with Crippen LogP contribution >= 0.6 is 0 Å². The van der Waals surface area contributed by atoms with E-state index in [0.717, 1.165) is 5.56 Å². The second-order valence-corrected chi connectivity index (χ2v) is 5.60. The molecular formula is C15H22N2O4. The zero-order chi connectivity index (χ0) is 16.2. The number of aromatic hydroxyl groups is 1. The summed E-state index contributed by atoms with van der Waals surface area (Å²) in [6.07, 6.45) is -0.171. The maximum absolute atomic E-state index is 12.4. The number of urea groups is 1. The van der Waals surface area contributed by atoms with Crippen LogP contribution in [0, 0.1) is 6.92 Å². The summed E-state index contributed by atoms with van der Waals surface area (Å²) in [5.74, 6) is -0.900. The van der Waals surface area contributed by atoms with Crippen LogP contribution in [0.2, 0.25) is 0 Å². The van der Waals surface area contributed by atoms with Crippen molar-refractivity contribution in [3.05, 3.63) is 23.8 Å². The summed E-state index contributed by atoms with van der Waals surface area (Å²) in [5.41, 5.74) is 0.586. The third kappa shape index (κ3) is 4.66. The number of nitrogens with zero attached hydrogens (tertiary/aromatic N) is 1. The summed E-state index contributed by atoms with van der Waals surface area (Å²) >= 11 is 0. The molecule has 0 saturated heterocycles. The van der Waals surface area contributed by atoms with E-state index in [2.05, 4.69) is 5.32 Å². The molecule has 0 bridgehead atoms. The van der Waals surface area contributed by atoms with Gasteiger partial charge in [0.05, 0.1) is 12.1 Å². The van der Waals surface area contributed by atoms with Crippen LogP contribution in [0.25, 0.3) is 0 Å². The lowest BCUT2D eigenvalue weighted by Gasteiger charge is -2.30. The van der Waals surface area contributed by atoms with Crippen LogP contribution in [0.1, 0.15) is 32.8 Å². The fourth-order valence-electron chi connectivity index (χ4n) is 2.09. The standard InChI is InChI=1S/C15H22N2O4/c1-5-17(12-8-11(18)7-6-10(12)2)14(21)16-15(3,4)9-13(19)20/h6-8,18H,5,9H2,1-4H3,(H,16,21)(H,19,20). The number of benzene rings is 1. The minimum Gasteiger partial charge on any atom is -0.508 e. The molecule has 1 aromatic carbocycles. The number of carboxylic acids is 1. The molecule has 21 heavy (non-hydrogen) atoms. The fraction of sp³-hybridized carbons (Fsp3) is 0.467. The lowest BCUT2D eigenvalue weighted by atomic mass is 10.0. The number of carboxylic acid groups (broad SMARTS) is 1. The number of carbonyl (C=O) groups is 2. The van der Waals surface area contributed by atoms with Gasteiger partial charge in [-0.15, -0.1) is 0 Å². The van der Waals surface area contributed by atoms with E-state index in [1.54, 1.807) is 26.0 Å². The first-order valence-corrected chi connectivity index (χ1v) is 6.77. The molecule has 0 aliphatic carbocycles. The second kappa shape index (κ2) is 6.47. The second-order valence-electron chi connectivity index (χ2n) is 5.60. The van der Waals surface area contributed by atoms with Gasteiger partial charge in [0.2, 0.25) is 0 Å². The predicted octanol–water partition coefficient (Wildman–Crippen LogP) is 2.49. The van der Waals surface area contributed by atoms with Crippen LogP contribution in [0.15, 0.2) is 18.2 Å². The van der Waals surface area contributed by atoms with Crippen molar-refractivity contribution in [3.8, 4) is 5.75 Å². The van der Waals surface area contributed by atoms with Gasteiger partial charge in [-0.2, -0.15) is 0 Å². The SMILES string of the molecule is CCN(C(=O)NC(C)(C)CC(=O)O)c1cc(O)ccc1C. The third-order valence-electron chi connectivity index (χ3n) is 3.08. The number of carbonyl (C=O) groups excluding carboxylic acids is 1. The summed E-state index contributed by atoms with van der Waals surface area (Å²) in [6, 6.07) is 4.40. The van der Waals surface area contributed by atoms with Crippen molar-refractivity contribution in [3.63, 3.8) is 0 Å². The fourth-order valence-corrected chi connectivity index (χ4v) is 2.09. The van der Waals surface area contributed by atoms with Crippen molar-refractivity contribution in [2.45, 2.75) is 39.7 Å². The number of hydrogen-bond donors (Lipinski definition) is 3. The number of anilines is 1. The van der Waals surface area contributed by atoms with Gasteiger partial charge in [0, 0.05) is 18.2 Å². The number of rotatable bonds is 5. The van der Waals surface area contributed by atoms with Crippen molar-refractivity contribution >= 4 is 17.7 Å². The highest BCUT2D eigenvalue weighted by atomic mass is 16.4. The molecule has 0 aromatic heterocycles. The Kier molecular flexibility index (Phi) is 5.18. The summed E-state index contributed by atoms with van der Waals surface area (Å²) in [4.78, 5) is 24.7. The van der Waals surface area contributed by atoms with Crippen LogP contribution in [-0.2, 0) is 4.79 Å². The van der Waals surface area contributed by atoms with E-state index in [1.807, 2.05) is 13.8 Å². The zero-order valence-corrected chi connectivity index (χ0v) is 12.8. The van der Waals surface area contributed by atoms with E-state index in [1.165, 1.54) is 11.0 Å². The summed E-state index contributed by atoms with van der Waals surface area (Å²) in [6.45, 7) is 7.37. The van der Waals surface area contributed by atoms with Gasteiger partial charge in [-0.1, -0.05) is 6.07 Å². The van der Waals surface area contributed by atoms with Crippen LogP contribution in [0.3, 0.4) is 0 Å². The Hall–Kier alpha value is -2.24. The van der Waals surface area contributed by atoms with Gasteiger partial charge in [0.15, 0.2) is 0 Å². The number of phenols is 1. The first kappa shape index (κ1) is 16.8. The molecule has 0 unspecified atom stereocenters. The smallest absolute Gasteiger partial charge is 0.322 e. The third-order valence-corrected chi connectivity index (χ3v) is 3.08. The van der Waals surface area contributed by atoms with E-state index in [9.17, 15) is 14.7 Å². The zero-order valence-electron chi connectivity index (χ0n) is 12.8. The molecule has 0 aliphatic rings. The molecule has 1 aromatic rings. The number of phenolic OH excluding ortho intramolecular Hbond substituents is 1. The Bertz CT molecular complexity index is 540. The van der Waals surface area contributed by atoms with Gasteiger partial charge in [0.25, 0.3) is 0 Å². The molecule has 116 valence electrons. The van der Waals surface area contributed by atoms with Crippen molar-refractivity contribution in [1.82, 2.24) is 5.32 Å². The maximum atomic E-state index is 12.4. The molecule has 3 N–H and O–H groups in total. The lowest BCUT2D eigenvalue weighted by Crippen LogP contribution is -2.51. The monoisotopic (exact) mass is 294 g/mol. The van der Waals surface area contributed by atoms with Gasteiger partial charge in [-0.05, 0) is 39.3 Å². The predicted molar refractivity (Wildman–Crippen MR) is 80.7 cm³/mol. The number of amides is 2. The molecule has 6 nitrogen and oxygen atoms in total. The Balaban J connectivity index is 2.97. The first-order valence-electron chi connectivity index (χ1n) is 6.77. The van der Waals surface area contributed by atoms with E-state index < -0.39 is 17.5 Å². The average molecular weight is 294 g/mol. The average Bonchev–Trinajstić information content (AvgIpc) is 2.32. The van der Waals surface area contributed by atoms with Crippen molar-refractivity contribution in [2.75, 3.05) is 11.4 Å².